The van der Waals surface area contributed by atoms with Crippen LogP contribution in [0.4, 0.5) is 5.82 Å². The lowest BCUT2D eigenvalue weighted by molar-refractivity contribution is 1.33. The zero-order chi connectivity index (χ0) is 8.27. The van der Waals surface area contributed by atoms with Crippen molar-refractivity contribution in [1.29, 1.82) is 0 Å². The van der Waals surface area contributed by atoms with Crippen molar-refractivity contribution in [3.8, 4) is 0 Å². The molecule has 0 unspecified atom stereocenters. The summed E-state index contributed by atoms with van der Waals surface area (Å²) in [4.78, 5) is 3.85. The van der Waals surface area contributed by atoms with Crippen LogP contribution in [0.1, 0.15) is 5.56 Å². The molecule has 1 aromatic heterocycles. The Balaban J connectivity index is 3.04. The van der Waals surface area contributed by atoms with Gasteiger partial charge in [0.25, 0.3) is 0 Å². The van der Waals surface area contributed by atoms with Gasteiger partial charge in [0.1, 0.15) is 10.3 Å². The molecule has 0 atom stereocenters. The van der Waals surface area contributed by atoms with Gasteiger partial charge in [-0.3, -0.25) is 0 Å². The molecule has 0 amide bonds. The first-order valence-corrected chi connectivity index (χ1v) is 3.69. The Morgan fingerprint density at radius 2 is 2.27 bits per heavy atom. The molecule has 2 nitrogen and oxygen atoms in total. The fourth-order valence-corrected chi connectivity index (χ4v) is 0.905. The quantitative estimate of drug-likeness (QED) is 0.736. The number of pyridine rings is 1. The fraction of sp³-hybridized carbons (Fsp3) is 0. The van der Waals surface area contributed by atoms with Gasteiger partial charge in [0.05, 0.1) is 0 Å². The smallest absolute Gasteiger partial charge is 0.130 e. The average Bonchev–Trinajstić information content (AvgIpc) is 1.93. The first kappa shape index (κ1) is 8.37. The van der Waals surface area contributed by atoms with Crippen molar-refractivity contribution in [3.63, 3.8) is 0 Å². The van der Waals surface area contributed by atoms with Gasteiger partial charge in [-0.15, -0.1) is 0 Å². The molecule has 0 fully saturated rings. The van der Waals surface area contributed by atoms with Crippen LogP contribution >= 0.6 is 23.2 Å². The van der Waals surface area contributed by atoms with Crippen LogP contribution in [0.5, 0.6) is 0 Å². The van der Waals surface area contributed by atoms with E-state index in [1.54, 1.807) is 24.4 Å². The van der Waals surface area contributed by atoms with Crippen molar-refractivity contribution in [1.82, 2.24) is 4.98 Å². The number of hydrogen-bond acceptors (Lipinski definition) is 2. The molecule has 1 aromatic rings. The monoisotopic (exact) mass is 188 g/mol. The highest BCUT2D eigenvalue weighted by Gasteiger charge is 1.94. The lowest BCUT2D eigenvalue weighted by atomic mass is 10.2. The number of aromatic nitrogens is 1. The molecule has 1 rings (SSSR count). The standard InChI is InChI=1S/C7H6Cl2N2/c8-6(9)4-5-2-1-3-11-7(5)10/h1-4H,(H2,10,11). The summed E-state index contributed by atoms with van der Waals surface area (Å²) in [6.07, 6.45) is 3.15. The summed E-state index contributed by atoms with van der Waals surface area (Å²) in [5.41, 5.74) is 6.23. The van der Waals surface area contributed by atoms with Gasteiger partial charge in [0.2, 0.25) is 0 Å². The first-order valence-electron chi connectivity index (χ1n) is 2.93. The van der Waals surface area contributed by atoms with Crippen LogP contribution in [0.25, 0.3) is 6.08 Å². The Bertz CT molecular complexity index is 280. The maximum Gasteiger partial charge on any atom is 0.130 e. The topological polar surface area (TPSA) is 38.9 Å². The van der Waals surface area contributed by atoms with Gasteiger partial charge in [-0.1, -0.05) is 23.2 Å². The molecule has 0 aromatic carbocycles. The normalized spacial score (nSPS) is 9.27. The number of nitrogen functional groups attached to an aromatic ring is 1. The predicted molar refractivity (Wildman–Crippen MR) is 48.3 cm³/mol. The number of anilines is 1. The van der Waals surface area contributed by atoms with Crippen LogP contribution in [0.2, 0.25) is 0 Å². The van der Waals surface area contributed by atoms with Gasteiger partial charge in [0, 0.05) is 11.8 Å². The summed E-state index contributed by atoms with van der Waals surface area (Å²) in [5.74, 6) is 0.423. The number of nitrogens with two attached hydrogens (primary N) is 1. The van der Waals surface area contributed by atoms with Gasteiger partial charge >= 0.3 is 0 Å². The molecule has 0 bridgehead atoms. The van der Waals surface area contributed by atoms with E-state index in [0.29, 0.717) is 5.82 Å². The minimum atomic E-state index is 0.171. The molecular weight excluding hydrogens is 183 g/mol. The lowest BCUT2D eigenvalue weighted by Gasteiger charge is -1.96. The minimum Gasteiger partial charge on any atom is -0.383 e. The Morgan fingerprint density at radius 1 is 1.55 bits per heavy atom. The van der Waals surface area contributed by atoms with E-state index >= 15 is 0 Å². The molecule has 0 spiro atoms. The average molecular weight is 189 g/mol. The van der Waals surface area contributed by atoms with Gasteiger partial charge in [-0.2, -0.15) is 0 Å². The molecular formula is C7H6Cl2N2. The summed E-state index contributed by atoms with van der Waals surface area (Å²) < 4.78 is 0.171. The Kier molecular flexibility index (Phi) is 2.74. The second kappa shape index (κ2) is 3.60. The van der Waals surface area contributed by atoms with Gasteiger partial charge in [-0.05, 0) is 18.2 Å². The second-order valence-corrected chi connectivity index (χ2v) is 2.92. The van der Waals surface area contributed by atoms with Crippen molar-refractivity contribution in [2.45, 2.75) is 0 Å². The number of nitrogens with zero attached hydrogens (tertiary/aromatic N) is 1. The van der Waals surface area contributed by atoms with Crippen molar-refractivity contribution in [2.75, 3.05) is 5.73 Å². The van der Waals surface area contributed by atoms with Crippen LogP contribution in [0.3, 0.4) is 0 Å². The third-order valence-electron chi connectivity index (χ3n) is 1.14. The Labute approximate surface area is 74.6 Å². The second-order valence-electron chi connectivity index (χ2n) is 1.91. The van der Waals surface area contributed by atoms with Crippen molar-refractivity contribution in [3.05, 3.63) is 28.4 Å². The van der Waals surface area contributed by atoms with Crippen LogP contribution in [-0.4, -0.2) is 4.98 Å². The largest absolute Gasteiger partial charge is 0.383 e. The van der Waals surface area contributed by atoms with Crippen LogP contribution in [0, 0.1) is 0 Å². The molecule has 1 heterocycles. The van der Waals surface area contributed by atoms with Crippen LogP contribution in [-0.2, 0) is 0 Å². The Hall–Kier alpha value is -0.730. The highest BCUT2D eigenvalue weighted by Crippen LogP contribution is 2.16. The number of hydrogen-bond donors (Lipinski definition) is 1. The summed E-state index contributed by atoms with van der Waals surface area (Å²) >= 11 is 10.9. The molecule has 0 aliphatic heterocycles. The van der Waals surface area contributed by atoms with Gasteiger partial charge < -0.3 is 5.73 Å². The molecule has 0 aliphatic rings. The van der Waals surface area contributed by atoms with E-state index in [9.17, 15) is 0 Å². The third-order valence-corrected chi connectivity index (χ3v) is 1.35. The van der Waals surface area contributed by atoms with Crippen LogP contribution in [0.15, 0.2) is 22.8 Å². The molecule has 11 heavy (non-hydrogen) atoms. The van der Waals surface area contributed by atoms with E-state index in [1.807, 2.05) is 0 Å². The highest BCUT2D eigenvalue weighted by atomic mass is 35.5. The van der Waals surface area contributed by atoms with Crippen molar-refractivity contribution in [2.24, 2.45) is 0 Å². The van der Waals surface area contributed by atoms with Crippen LogP contribution < -0.4 is 5.73 Å². The molecule has 0 saturated carbocycles. The maximum absolute atomic E-state index is 5.50. The van der Waals surface area contributed by atoms with E-state index < -0.39 is 0 Å². The lowest BCUT2D eigenvalue weighted by Crippen LogP contribution is -1.91. The van der Waals surface area contributed by atoms with Gasteiger partial charge in [0.15, 0.2) is 0 Å². The van der Waals surface area contributed by atoms with Gasteiger partial charge in [-0.25, -0.2) is 4.98 Å². The van der Waals surface area contributed by atoms with E-state index in [2.05, 4.69) is 4.98 Å². The van der Waals surface area contributed by atoms with E-state index in [4.69, 9.17) is 28.9 Å². The first-order chi connectivity index (χ1) is 5.20. The minimum absolute atomic E-state index is 0.171. The molecule has 0 aliphatic carbocycles. The van der Waals surface area contributed by atoms with E-state index in [1.165, 1.54) is 0 Å². The summed E-state index contributed by atoms with van der Waals surface area (Å²) in [6, 6.07) is 3.55. The molecule has 0 radical (unpaired) electrons. The fourth-order valence-electron chi connectivity index (χ4n) is 0.670. The SMILES string of the molecule is Nc1ncccc1C=C(Cl)Cl. The summed E-state index contributed by atoms with van der Waals surface area (Å²) in [6.45, 7) is 0. The predicted octanol–water partition coefficient (Wildman–Crippen LogP) is 2.44. The molecule has 58 valence electrons. The zero-order valence-corrected chi connectivity index (χ0v) is 7.10. The van der Waals surface area contributed by atoms with E-state index in [0.717, 1.165) is 5.56 Å². The molecule has 2 N–H and O–H groups in total. The van der Waals surface area contributed by atoms with Crippen molar-refractivity contribution >= 4 is 35.1 Å². The summed E-state index contributed by atoms with van der Waals surface area (Å²) in [7, 11) is 0. The Morgan fingerprint density at radius 3 is 2.82 bits per heavy atom. The number of halogens is 2. The number of rotatable bonds is 1. The van der Waals surface area contributed by atoms with Crippen molar-refractivity contribution < 1.29 is 0 Å². The third kappa shape index (κ3) is 2.41. The molecule has 0 saturated heterocycles. The summed E-state index contributed by atoms with van der Waals surface area (Å²) in [5, 5.41) is 0. The molecule has 4 heteroatoms. The maximum atomic E-state index is 5.50. The zero-order valence-electron chi connectivity index (χ0n) is 5.59. The highest BCUT2D eigenvalue weighted by molar-refractivity contribution is 6.57. The van der Waals surface area contributed by atoms with E-state index in [-0.39, 0.29) is 4.49 Å².